The van der Waals surface area contributed by atoms with E-state index in [1.807, 2.05) is 18.2 Å². The van der Waals surface area contributed by atoms with Gasteiger partial charge in [0, 0.05) is 54.1 Å². The largest absolute Gasteiger partial charge is 0.377 e. The van der Waals surface area contributed by atoms with E-state index in [0.29, 0.717) is 48.3 Å². The maximum Gasteiger partial charge on any atom is 0.247 e. The molecule has 3 aromatic heterocycles. The minimum atomic E-state index is -0.301. The molecule has 0 bridgehead atoms. The number of aromatic nitrogens is 4. The second-order valence-electron chi connectivity index (χ2n) is 8.24. The summed E-state index contributed by atoms with van der Waals surface area (Å²) in [6.07, 6.45) is 6.25. The molecular formula is C26H26N8O2. The van der Waals surface area contributed by atoms with Gasteiger partial charge < -0.3 is 26.0 Å². The normalized spacial score (nSPS) is 15.5. The molecule has 0 aliphatic carbocycles. The smallest absolute Gasteiger partial charge is 0.247 e. The Hall–Kier alpha value is -4.41. The van der Waals surface area contributed by atoms with Crippen molar-refractivity contribution in [2.24, 2.45) is 5.73 Å². The molecule has 0 unspecified atom stereocenters. The number of benzene rings is 1. The lowest BCUT2D eigenvalue weighted by Gasteiger charge is -2.36. The van der Waals surface area contributed by atoms with Crippen LogP contribution in [0.15, 0.2) is 73.7 Å². The van der Waals surface area contributed by atoms with Crippen molar-refractivity contribution in [1.82, 2.24) is 19.9 Å². The average Bonchev–Trinajstić information content (AvgIpc) is 2.93. The molecule has 4 N–H and O–H groups in total. The van der Waals surface area contributed by atoms with Crippen LogP contribution in [-0.2, 0) is 9.53 Å². The number of amides is 1. The Morgan fingerprint density at radius 2 is 1.97 bits per heavy atom. The zero-order chi connectivity index (χ0) is 24.9. The number of ether oxygens (including phenoxy) is 1. The van der Waals surface area contributed by atoms with Gasteiger partial charge in [0.15, 0.2) is 0 Å². The summed E-state index contributed by atoms with van der Waals surface area (Å²) >= 11 is 0. The number of nitrogens with zero attached hydrogens (tertiary/aromatic N) is 5. The van der Waals surface area contributed by atoms with E-state index in [1.54, 1.807) is 30.7 Å². The summed E-state index contributed by atoms with van der Waals surface area (Å²) in [7, 11) is 0. The lowest BCUT2D eigenvalue weighted by atomic mass is 10.1. The zero-order valence-corrected chi connectivity index (χ0v) is 19.6. The van der Waals surface area contributed by atoms with E-state index >= 15 is 0 Å². The molecule has 0 saturated carbocycles. The van der Waals surface area contributed by atoms with Gasteiger partial charge in [0.1, 0.15) is 11.2 Å². The minimum Gasteiger partial charge on any atom is -0.377 e. The molecule has 4 aromatic rings. The molecule has 1 saturated heterocycles. The number of rotatable bonds is 7. The number of hydrogen-bond donors (Lipinski definition) is 3. The summed E-state index contributed by atoms with van der Waals surface area (Å²) in [5.41, 5.74) is 10.3. The van der Waals surface area contributed by atoms with Crippen molar-refractivity contribution in [1.29, 1.82) is 0 Å². The van der Waals surface area contributed by atoms with Crippen LogP contribution in [-0.4, -0.2) is 58.2 Å². The Balaban J connectivity index is 1.40. The fourth-order valence-corrected chi connectivity index (χ4v) is 4.09. The quantitative estimate of drug-likeness (QED) is 0.340. The van der Waals surface area contributed by atoms with Gasteiger partial charge in [-0.15, -0.1) is 0 Å². The second-order valence-corrected chi connectivity index (χ2v) is 8.24. The molecule has 36 heavy (non-hydrogen) atoms. The monoisotopic (exact) mass is 482 g/mol. The van der Waals surface area contributed by atoms with Crippen molar-refractivity contribution in [3.8, 4) is 11.4 Å². The predicted molar refractivity (Wildman–Crippen MR) is 140 cm³/mol. The molecule has 5 rings (SSSR count). The van der Waals surface area contributed by atoms with Gasteiger partial charge in [0.25, 0.3) is 0 Å². The highest BCUT2D eigenvalue weighted by molar-refractivity contribution is 5.99. The van der Waals surface area contributed by atoms with E-state index in [-0.39, 0.29) is 11.9 Å². The van der Waals surface area contributed by atoms with Crippen molar-refractivity contribution in [2.75, 3.05) is 41.8 Å². The third kappa shape index (κ3) is 4.99. The maximum absolute atomic E-state index is 11.7. The van der Waals surface area contributed by atoms with Gasteiger partial charge >= 0.3 is 0 Å². The lowest BCUT2D eigenvalue weighted by molar-refractivity contribution is -0.111. The summed E-state index contributed by atoms with van der Waals surface area (Å²) < 4.78 is 5.55. The van der Waals surface area contributed by atoms with E-state index in [9.17, 15) is 4.79 Å². The molecule has 182 valence electrons. The highest BCUT2D eigenvalue weighted by atomic mass is 16.5. The van der Waals surface area contributed by atoms with Gasteiger partial charge in [-0.05, 0) is 48.5 Å². The van der Waals surface area contributed by atoms with Crippen LogP contribution >= 0.6 is 0 Å². The van der Waals surface area contributed by atoms with E-state index < -0.39 is 0 Å². The molecule has 1 aromatic carbocycles. The van der Waals surface area contributed by atoms with Crippen LogP contribution in [0.25, 0.3) is 22.3 Å². The number of fused-ring (bicyclic) bond motifs is 1. The van der Waals surface area contributed by atoms with Gasteiger partial charge in [-0.1, -0.05) is 6.58 Å². The Bertz CT molecular complexity index is 1390. The first kappa shape index (κ1) is 23.3. The molecular weight excluding hydrogens is 456 g/mol. The number of anilines is 4. The van der Waals surface area contributed by atoms with Gasteiger partial charge in [0.2, 0.25) is 11.9 Å². The van der Waals surface area contributed by atoms with Crippen molar-refractivity contribution in [3.63, 3.8) is 0 Å². The number of nitrogens with two attached hydrogens (primary N) is 1. The standard InChI is InChI=1S/C26H26N8O2/c1-2-23(35)31-19-8-10-28-22(13-19)25-24-17(7-9-29-25)15-30-26(33-24)32-18-3-5-20(6-4-18)34-11-12-36-16-21(34)14-27/h2-10,13,15,21H,1,11-12,14,16,27H2,(H,28,31,35)(H,30,32,33)/t21-/m1/s1. The number of nitrogens with one attached hydrogen (secondary N) is 2. The van der Waals surface area contributed by atoms with E-state index in [4.69, 9.17) is 15.5 Å². The van der Waals surface area contributed by atoms with Crippen LogP contribution < -0.4 is 21.3 Å². The molecule has 0 radical (unpaired) electrons. The zero-order valence-electron chi connectivity index (χ0n) is 19.6. The summed E-state index contributed by atoms with van der Waals surface area (Å²) in [5, 5.41) is 6.83. The van der Waals surface area contributed by atoms with Gasteiger partial charge in [-0.25, -0.2) is 9.97 Å². The first-order valence-corrected chi connectivity index (χ1v) is 11.6. The van der Waals surface area contributed by atoms with Crippen LogP contribution in [0.1, 0.15) is 0 Å². The first-order valence-electron chi connectivity index (χ1n) is 11.6. The summed E-state index contributed by atoms with van der Waals surface area (Å²) in [4.78, 5) is 32.1. The fraction of sp³-hybridized carbons (Fsp3) is 0.192. The van der Waals surface area contributed by atoms with Crippen LogP contribution in [0, 0.1) is 0 Å². The third-order valence-corrected chi connectivity index (χ3v) is 5.91. The Morgan fingerprint density at radius 3 is 2.78 bits per heavy atom. The molecule has 0 spiro atoms. The molecule has 1 atom stereocenters. The van der Waals surface area contributed by atoms with Crippen LogP contribution in [0.2, 0.25) is 0 Å². The van der Waals surface area contributed by atoms with Crippen molar-refractivity contribution >= 4 is 39.8 Å². The topological polar surface area (TPSA) is 131 Å². The third-order valence-electron chi connectivity index (χ3n) is 5.91. The van der Waals surface area contributed by atoms with Crippen molar-refractivity contribution < 1.29 is 9.53 Å². The Kier molecular flexibility index (Phi) is 6.78. The number of carbonyl (C=O) groups is 1. The van der Waals surface area contributed by atoms with Crippen molar-refractivity contribution in [2.45, 2.75) is 6.04 Å². The number of morpholine rings is 1. The Labute approximate surface area is 208 Å². The predicted octanol–water partition coefficient (Wildman–Crippen LogP) is 3.12. The highest BCUT2D eigenvalue weighted by Crippen LogP contribution is 2.27. The van der Waals surface area contributed by atoms with E-state index in [2.05, 4.69) is 49.2 Å². The van der Waals surface area contributed by atoms with E-state index in [1.165, 1.54) is 6.08 Å². The minimum absolute atomic E-state index is 0.171. The molecule has 1 amide bonds. The van der Waals surface area contributed by atoms with Crippen LogP contribution in [0.4, 0.5) is 23.0 Å². The molecule has 10 nitrogen and oxygen atoms in total. The average molecular weight is 483 g/mol. The second kappa shape index (κ2) is 10.5. The Morgan fingerprint density at radius 1 is 1.14 bits per heavy atom. The van der Waals surface area contributed by atoms with Crippen molar-refractivity contribution in [3.05, 3.63) is 73.7 Å². The number of hydrogen-bond acceptors (Lipinski definition) is 9. The van der Waals surface area contributed by atoms with E-state index in [0.717, 1.165) is 23.3 Å². The summed E-state index contributed by atoms with van der Waals surface area (Å²) in [6, 6.07) is 13.5. The lowest BCUT2D eigenvalue weighted by Crippen LogP contribution is -2.49. The molecule has 4 heterocycles. The SMILES string of the molecule is C=CC(=O)Nc1ccnc(-c2nccc3cnc(Nc4ccc(N5CCOC[C@H]5CN)cc4)nc23)c1. The first-order chi connectivity index (χ1) is 17.6. The molecule has 1 aliphatic heterocycles. The molecule has 1 aliphatic rings. The molecule has 10 heteroatoms. The van der Waals surface area contributed by atoms with Gasteiger partial charge in [-0.3, -0.25) is 14.8 Å². The summed E-state index contributed by atoms with van der Waals surface area (Å²) in [6.45, 7) is 6.16. The number of pyridine rings is 2. The highest BCUT2D eigenvalue weighted by Gasteiger charge is 2.21. The fourth-order valence-electron chi connectivity index (χ4n) is 4.09. The maximum atomic E-state index is 11.7. The number of carbonyl (C=O) groups excluding carboxylic acids is 1. The molecule has 1 fully saturated rings. The van der Waals surface area contributed by atoms with Gasteiger partial charge in [-0.2, -0.15) is 0 Å². The van der Waals surface area contributed by atoms with Gasteiger partial charge in [0.05, 0.1) is 24.9 Å². The summed E-state index contributed by atoms with van der Waals surface area (Å²) in [5.74, 6) is 0.136. The van der Waals surface area contributed by atoms with Crippen LogP contribution in [0.3, 0.4) is 0 Å². The van der Waals surface area contributed by atoms with Crippen LogP contribution in [0.5, 0.6) is 0 Å².